The van der Waals surface area contributed by atoms with Gasteiger partial charge in [0.2, 0.25) is 5.91 Å². The monoisotopic (exact) mass is 534 g/mol. The van der Waals surface area contributed by atoms with Crippen molar-refractivity contribution in [1.82, 2.24) is 25.0 Å². The van der Waals surface area contributed by atoms with Crippen molar-refractivity contribution in [2.75, 3.05) is 37.7 Å². The van der Waals surface area contributed by atoms with Crippen LogP contribution in [0.5, 0.6) is 0 Å². The average molecular weight is 535 g/mol. The number of aromatic nitrogens is 4. The summed E-state index contributed by atoms with van der Waals surface area (Å²) in [6.45, 7) is 4.93. The molecule has 202 valence electrons. The third-order valence-corrected chi connectivity index (χ3v) is 7.05. The van der Waals surface area contributed by atoms with Crippen LogP contribution in [0.2, 0.25) is 0 Å². The van der Waals surface area contributed by atoms with Crippen molar-refractivity contribution < 1.29 is 14.1 Å². The molecule has 3 aromatic heterocycles. The SMILES string of the molecule is Cc1ccc(Cc2nc(N3CCN(C(=O)COCc4ccccc4)CC3)c3c(-c4cccnc4)noc3n2)cc1. The first kappa shape index (κ1) is 25.6. The van der Waals surface area contributed by atoms with E-state index in [0.717, 1.165) is 27.9 Å². The Kier molecular flexibility index (Phi) is 7.45. The van der Waals surface area contributed by atoms with Gasteiger partial charge in [-0.05, 0) is 30.2 Å². The van der Waals surface area contributed by atoms with Crippen LogP contribution in [0.4, 0.5) is 5.82 Å². The first-order chi connectivity index (χ1) is 19.6. The molecule has 1 fully saturated rings. The van der Waals surface area contributed by atoms with E-state index in [9.17, 15) is 4.79 Å². The Morgan fingerprint density at radius 3 is 2.48 bits per heavy atom. The Bertz CT molecular complexity index is 1580. The van der Waals surface area contributed by atoms with Crippen LogP contribution in [0.3, 0.4) is 0 Å². The van der Waals surface area contributed by atoms with Crippen LogP contribution in [0.15, 0.2) is 83.6 Å². The van der Waals surface area contributed by atoms with E-state index in [1.54, 1.807) is 12.4 Å². The van der Waals surface area contributed by atoms with Crippen molar-refractivity contribution in [3.05, 3.63) is 102 Å². The molecule has 1 amide bonds. The van der Waals surface area contributed by atoms with Crippen LogP contribution in [-0.4, -0.2) is 63.7 Å². The van der Waals surface area contributed by atoms with E-state index in [0.29, 0.717) is 56.4 Å². The molecule has 0 atom stereocenters. The predicted octanol–water partition coefficient (Wildman–Crippen LogP) is 4.44. The quantitative estimate of drug-likeness (QED) is 0.288. The third-order valence-electron chi connectivity index (χ3n) is 7.05. The highest BCUT2D eigenvalue weighted by molar-refractivity contribution is 5.98. The lowest BCUT2D eigenvalue weighted by Crippen LogP contribution is -2.50. The molecule has 4 heterocycles. The van der Waals surface area contributed by atoms with Gasteiger partial charge in [0.1, 0.15) is 29.3 Å². The molecule has 0 N–H and O–H groups in total. The number of fused-ring (bicyclic) bond motifs is 1. The molecule has 0 radical (unpaired) electrons. The Hall–Kier alpha value is -4.63. The summed E-state index contributed by atoms with van der Waals surface area (Å²) in [5, 5.41) is 5.11. The highest BCUT2D eigenvalue weighted by Crippen LogP contribution is 2.34. The van der Waals surface area contributed by atoms with Crippen molar-refractivity contribution in [1.29, 1.82) is 0 Å². The summed E-state index contributed by atoms with van der Waals surface area (Å²) in [4.78, 5) is 30.9. The zero-order valence-corrected chi connectivity index (χ0v) is 22.4. The van der Waals surface area contributed by atoms with E-state index in [1.807, 2.05) is 47.4 Å². The van der Waals surface area contributed by atoms with Gasteiger partial charge in [-0.1, -0.05) is 65.3 Å². The number of amides is 1. The van der Waals surface area contributed by atoms with Crippen molar-refractivity contribution in [3.63, 3.8) is 0 Å². The molecule has 2 aromatic carbocycles. The number of nitrogens with zero attached hydrogens (tertiary/aromatic N) is 6. The Morgan fingerprint density at radius 2 is 1.73 bits per heavy atom. The molecule has 6 rings (SSSR count). The van der Waals surface area contributed by atoms with Crippen molar-refractivity contribution in [2.24, 2.45) is 0 Å². The fraction of sp³-hybridized carbons (Fsp3) is 0.258. The van der Waals surface area contributed by atoms with Crippen molar-refractivity contribution in [2.45, 2.75) is 20.0 Å². The lowest BCUT2D eigenvalue weighted by Gasteiger charge is -2.35. The van der Waals surface area contributed by atoms with Gasteiger partial charge in [0.25, 0.3) is 5.71 Å². The molecular weight excluding hydrogens is 504 g/mol. The molecule has 1 aliphatic rings. The normalized spacial score (nSPS) is 13.6. The maximum atomic E-state index is 12.8. The van der Waals surface area contributed by atoms with E-state index in [-0.39, 0.29) is 12.5 Å². The Balaban J connectivity index is 1.22. The van der Waals surface area contributed by atoms with Gasteiger partial charge in [-0.3, -0.25) is 9.78 Å². The number of carbonyl (C=O) groups excluding carboxylic acids is 1. The number of anilines is 1. The second-order valence-electron chi connectivity index (χ2n) is 9.93. The number of benzene rings is 2. The van der Waals surface area contributed by atoms with Crippen LogP contribution >= 0.6 is 0 Å². The molecule has 0 spiro atoms. The van der Waals surface area contributed by atoms with E-state index in [1.165, 1.54) is 5.56 Å². The minimum Gasteiger partial charge on any atom is -0.367 e. The fourth-order valence-electron chi connectivity index (χ4n) is 4.87. The van der Waals surface area contributed by atoms with Gasteiger partial charge in [0.15, 0.2) is 0 Å². The molecule has 40 heavy (non-hydrogen) atoms. The zero-order valence-electron chi connectivity index (χ0n) is 22.4. The highest BCUT2D eigenvalue weighted by Gasteiger charge is 2.27. The second kappa shape index (κ2) is 11.6. The number of rotatable bonds is 8. The number of hydrogen-bond acceptors (Lipinski definition) is 8. The summed E-state index contributed by atoms with van der Waals surface area (Å²) in [7, 11) is 0. The van der Waals surface area contributed by atoms with Crippen molar-refractivity contribution >= 4 is 22.8 Å². The first-order valence-corrected chi connectivity index (χ1v) is 13.4. The minimum absolute atomic E-state index is 0.00972. The topological polar surface area (TPSA) is 97.5 Å². The standard InChI is InChI=1S/C31H30N6O3/c1-22-9-11-23(12-10-22)18-26-33-30(28-29(35-40-31(28)34-26)25-8-5-13-32-19-25)37-16-14-36(15-17-37)27(38)21-39-20-24-6-3-2-4-7-24/h2-13,19H,14-18,20-21H2,1H3. The molecule has 5 aromatic rings. The maximum absolute atomic E-state index is 12.8. The molecule has 0 saturated carbocycles. The molecule has 0 bridgehead atoms. The van der Waals surface area contributed by atoms with E-state index >= 15 is 0 Å². The van der Waals surface area contributed by atoms with Crippen molar-refractivity contribution in [3.8, 4) is 11.3 Å². The molecule has 9 heteroatoms. The molecular formula is C31H30N6O3. The second-order valence-corrected chi connectivity index (χ2v) is 9.93. The molecule has 0 aliphatic carbocycles. The fourth-order valence-corrected chi connectivity index (χ4v) is 4.87. The predicted molar refractivity (Wildman–Crippen MR) is 152 cm³/mol. The lowest BCUT2D eigenvalue weighted by atomic mass is 10.1. The number of aryl methyl sites for hydroxylation is 1. The van der Waals surface area contributed by atoms with Gasteiger partial charge in [-0.25, -0.2) is 4.98 Å². The van der Waals surface area contributed by atoms with Gasteiger partial charge in [-0.15, -0.1) is 0 Å². The summed E-state index contributed by atoms with van der Waals surface area (Å²) in [6, 6.07) is 22.0. The number of hydrogen-bond donors (Lipinski definition) is 0. The minimum atomic E-state index is -0.00972. The highest BCUT2D eigenvalue weighted by atomic mass is 16.5. The smallest absolute Gasteiger partial charge is 0.263 e. The molecule has 9 nitrogen and oxygen atoms in total. The van der Waals surface area contributed by atoms with Crippen LogP contribution in [0.1, 0.15) is 22.5 Å². The molecule has 1 saturated heterocycles. The van der Waals surface area contributed by atoms with Gasteiger partial charge in [0, 0.05) is 50.6 Å². The number of carbonyl (C=O) groups is 1. The van der Waals surface area contributed by atoms with Gasteiger partial charge < -0.3 is 19.1 Å². The van der Waals surface area contributed by atoms with Gasteiger partial charge in [0.05, 0.1) is 6.61 Å². The van der Waals surface area contributed by atoms with Gasteiger partial charge in [-0.2, -0.15) is 4.98 Å². The van der Waals surface area contributed by atoms with Crippen LogP contribution in [0, 0.1) is 6.92 Å². The number of ether oxygens (including phenoxy) is 1. The summed E-state index contributed by atoms with van der Waals surface area (Å²) in [5.41, 5.74) is 5.31. The Labute approximate surface area is 232 Å². The average Bonchev–Trinajstić information content (AvgIpc) is 3.43. The summed E-state index contributed by atoms with van der Waals surface area (Å²) >= 11 is 0. The summed E-state index contributed by atoms with van der Waals surface area (Å²) in [5.74, 6) is 1.41. The van der Waals surface area contributed by atoms with E-state index in [2.05, 4.69) is 46.2 Å². The lowest BCUT2D eigenvalue weighted by molar-refractivity contribution is -0.136. The van der Waals surface area contributed by atoms with Gasteiger partial charge >= 0.3 is 0 Å². The van der Waals surface area contributed by atoms with E-state index < -0.39 is 0 Å². The van der Waals surface area contributed by atoms with E-state index in [4.69, 9.17) is 19.2 Å². The summed E-state index contributed by atoms with van der Waals surface area (Å²) in [6.07, 6.45) is 4.05. The largest absolute Gasteiger partial charge is 0.367 e. The maximum Gasteiger partial charge on any atom is 0.263 e. The molecule has 1 aliphatic heterocycles. The Morgan fingerprint density at radius 1 is 0.925 bits per heavy atom. The first-order valence-electron chi connectivity index (χ1n) is 13.4. The number of pyridine rings is 1. The molecule has 0 unspecified atom stereocenters. The van der Waals surface area contributed by atoms with Crippen LogP contribution in [0.25, 0.3) is 22.4 Å². The number of piperazine rings is 1. The van der Waals surface area contributed by atoms with Crippen LogP contribution in [-0.2, 0) is 22.6 Å². The zero-order chi connectivity index (χ0) is 27.3. The third kappa shape index (κ3) is 5.69. The summed E-state index contributed by atoms with van der Waals surface area (Å²) < 4.78 is 11.4. The van der Waals surface area contributed by atoms with Crippen LogP contribution < -0.4 is 4.90 Å².